The number of hydrogen-bond acceptors (Lipinski definition) is 2. The summed E-state index contributed by atoms with van der Waals surface area (Å²) in [5, 5.41) is 1.13. The molecule has 1 aromatic heterocycles. The van der Waals surface area contributed by atoms with Crippen LogP contribution in [0.3, 0.4) is 0 Å². The number of hydrogen-bond donors (Lipinski definition) is 0. The zero-order valence-electron chi connectivity index (χ0n) is 18.0. The number of unbranched alkanes of at least 4 members (excludes halogenated alkanes) is 3. The molecule has 2 nitrogen and oxygen atoms in total. The van der Waals surface area contributed by atoms with Crippen LogP contribution in [0.4, 0.5) is 0 Å². The standard InChI is InChI=1S/C29H27NO/c1-2-3-4-7-21-31-27-17-13-23(14-18-27)12-15-24-9-5-6-11-28(24)25-16-19-29-26(22-25)10-8-20-30-29/h5-6,8-11,13-14,16-20,22H,2-4,7,21H2,1H3. The minimum Gasteiger partial charge on any atom is -0.494 e. The molecule has 31 heavy (non-hydrogen) atoms. The molecule has 2 heteroatoms. The minimum absolute atomic E-state index is 0.777. The number of nitrogens with zero attached hydrogens (tertiary/aromatic N) is 1. The normalized spacial score (nSPS) is 10.5. The van der Waals surface area contributed by atoms with Gasteiger partial charge in [0.2, 0.25) is 0 Å². The number of fused-ring (bicyclic) bond motifs is 1. The molecular formula is C29H27NO. The van der Waals surface area contributed by atoms with Gasteiger partial charge < -0.3 is 4.74 Å². The molecule has 0 aliphatic heterocycles. The van der Waals surface area contributed by atoms with Crippen molar-refractivity contribution in [3.63, 3.8) is 0 Å². The molecule has 0 spiro atoms. The fourth-order valence-corrected chi connectivity index (χ4v) is 3.58. The second-order valence-electron chi connectivity index (χ2n) is 7.64. The van der Waals surface area contributed by atoms with Crippen LogP contribution in [-0.4, -0.2) is 11.6 Å². The summed E-state index contributed by atoms with van der Waals surface area (Å²) in [5.74, 6) is 7.57. The van der Waals surface area contributed by atoms with Crippen LogP contribution in [-0.2, 0) is 0 Å². The van der Waals surface area contributed by atoms with Crippen LogP contribution in [0, 0.1) is 11.8 Å². The van der Waals surface area contributed by atoms with Crippen molar-refractivity contribution in [1.29, 1.82) is 0 Å². The Labute approximate surface area is 184 Å². The number of ether oxygens (including phenoxy) is 1. The average molecular weight is 406 g/mol. The van der Waals surface area contributed by atoms with Crippen molar-refractivity contribution in [3.05, 3.63) is 96.2 Å². The highest BCUT2D eigenvalue weighted by Crippen LogP contribution is 2.26. The second kappa shape index (κ2) is 10.5. The van der Waals surface area contributed by atoms with E-state index in [1.54, 1.807) is 0 Å². The summed E-state index contributed by atoms with van der Waals surface area (Å²) < 4.78 is 5.83. The van der Waals surface area contributed by atoms with E-state index in [4.69, 9.17) is 4.74 Å². The van der Waals surface area contributed by atoms with Gasteiger partial charge in [0.15, 0.2) is 0 Å². The molecule has 0 saturated heterocycles. The Morgan fingerprint density at radius 3 is 2.55 bits per heavy atom. The van der Waals surface area contributed by atoms with Crippen LogP contribution in [0.15, 0.2) is 85.1 Å². The molecule has 0 amide bonds. The third-order valence-electron chi connectivity index (χ3n) is 5.30. The predicted octanol–water partition coefficient (Wildman–Crippen LogP) is 7.26. The molecule has 0 N–H and O–H groups in total. The summed E-state index contributed by atoms with van der Waals surface area (Å²) in [6.07, 6.45) is 6.68. The summed E-state index contributed by atoms with van der Waals surface area (Å²) in [4.78, 5) is 4.41. The Bertz CT molecular complexity index is 1200. The van der Waals surface area contributed by atoms with Crippen LogP contribution in [0.1, 0.15) is 43.7 Å². The highest BCUT2D eigenvalue weighted by molar-refractivity contribution is 5.85. The molecule has 154 valence electrons. The topological polar surface area (TPSA) is 22.1 Å². The maximum absolute atomic E-state index is 5.83. The van der Waals surface area contributed by atoms with E-state index < -0.39 is 0 Å². The lowest BCUT2D eigenvalue weighted by Crippen LogP contribution is -1.96. The third kappa shape index (κ3) is 5.53. The molecular weight excluding hydrogens is 378 g/mol. The van der Waals surface area contributed by atoms with Gasteiger partial charge in [-0.3, -0.25) is 4.98 Å². The van der Waals surface area contributed by atoms with E-state index in [1.165, 1.54) is 19.3 Å². The Kier molecular flexibility index (Phi) is 6.98. The average Bonchev–Trinajstić information content (AvgIpc) is 2.83. The number of aromatic nitrogens is 1. The number of rotatable bonds is 7. The first-order valence-electron chi connectivity index (χ1n) is 11.0. The molecule has 4 rings (SSSR count). The molecule has 0 fully saturated rings. The molecule has 3 aromatic carbocycles. The van der Waals surface area contributed by atoms with E-state index in [2.05, 4.69) is 66.2 Å². The number of pyridine rings is 1. The van der Waals surface area contributed by atoms with Crippen LogP contribution >= 0.6 is 0 Å². The van der Waals surface area contributed by atoms with Crippen molar-refractivity contribution in [2.75, 3.05) is 6.61 Å². The monoisotopic (exact) mass is 405 g/mol. The van der Waals surface area contributed by atoms with Gasteiger partial charge in [0.1, 0.15) is 5.75 Å². The molecule has 0 unspecified atom stereocenters. The molecule has 0 saturated carbocycles. The zero-order valence-corrected chi connectivity index (χ0v) is 18.0. The van der Waals surface area contributed by atoms with Gasteiger partial charge in [-0.1, -0.05) is 68.4 Å². The molecule has 0 aliphatic rings. The summed E-state index contributed by atoms with van der Waals surface area (Å²) in [5.41, 5.74) is 5.28. The first-order valence-corrected chi connectivity index (χ1v) is 11.0. The summed E-state index contributed by atoms with van der Waals surface area (Å²) in [7, 11) is 0. The van der Waals surface area contributed by atoms with E-state index in [9.17, 15) is 0 Å². The lowest BCUT2D eigenvalue weighted by molar-refractivity contribution is 0.305. The van der Waals surface area contributed by atoms with E-state index in [-0.39, 0.29) is 0 Å². The summed E-state index contributed by atoms with van der Waals surface area (Å²) in [6.45, 7) is 3.00. The number of benzene rings is 3. The van der Waals surface area contributed by atoms with Crippen molar-refractivity contribution in [2.24, 2.45) is 0 Å². The Morgan fingerprint density at radius 2 is 1.68 bits per heavy atom. The van der Waals surface area contributed by atoms with Gasteiger partial charge in [-0.15, -0.1) is 0 Å². The van der Waals surface area contributed by atoms with Gasteiger partial charge in [-0.25, -0.2) is 0 Å². The quantitative estimate of drug-likeness (QED) is 0.238. The lowest BCUT2D eigenvalue weighted by Gasteiger charge is -2.07. The summed E-state index contributed by atoms with van der Waals surface area (Å²) >= 11 is 0. The SMILES string of the molecule is CCCCCCOc1ccc(C#Cc2ccccc2-c2ccc3ncccc3c2)cc1. The van der Waals surface area contributed by atoms with Gasteiger partial charge in [-0.2, -0.15) is 0 Å². The lowest BCUT2D eigenvalue weighted by atomic mass is 9.98. The van der Waals surface area contributed by atoms with Crippen LogP contribution in [0.25, 0.3) is 22.0 Å². The Hall–Kier alpha value is -3.57. The van der Waals surface area contributed by atoms with E-state index in [0.29, 0.717) is 0 Å². The minimum atomic E-state index is 0.777. The van der Waals surface area contributed by atoms with Crippen LogP contribution in [0.5, 0.6) is 5.75 Å². The van der Waals surface area contributed by atoms with Crippen molar-refractivity contribution in [1.82, 2.24) is 4.98 Å². The van der Waals surface area contributed by atoms with Crippen molar-refractivity contribution >= 4 is 10.9 Å². The maximum atomic E-state index is 5.83. The fraction of sp³-hybridized carbons (Fsp3) is 0.207. The first kappa shape index (κ1) is 20.7. The smallest absolute Gasteiger partial charge is 0.119 e. The highest BCUT2D eigenvalue weighted by atomic mass is 16.5. The van der Waals surface area contributed by atoms with E-state index in [1.807, 2.05) is 42.6 Å². The van der Waals surface area contributed by atoms with Crippen molar-refractivity contribution < 1.29 is 4.74 Å². The molecule has 0 radical (unpaired) electrons. The van der Waals surface area contributed by atoms with Gasteiger partial charge in [-0.05, 0) is 66.1 Å². The van der Waals surface area contributed by atoms with Crippen molar-refractivity contribution in [3.8, 4) is 28.7 Å². The zero-order chi connectivity index (χ0) is 21.3. The Morgan fingerprint density at radius 1 is 0.806 bits per heavy atom. The Balaban J connectivity index is 1.49. The van der Waals surface area contributed by atoms with Gasteiger partial charge in [0, 0.05) is 22.7 Å². The molecule has 0 aliphatic carbocycles. The summed E-state index contributed by atoms with van der Waals surface area (Å²) in [6, 6.07) is 26.8. The molecule has 1 heterocycles. The molecule has 0 atom stereocenters. The maximum Gasteiger partial charge on any atom is 0.119 e. The second-order valence-corrected chi connectivity index (χ2v) is 7.64. The highest BCUT2D eigenvalue weighted by Gasteiger charge is 2.04. The van der Waals surface area contributed by atoms with Crippen LogP contribution < -0.4 is 4.74 Å². The fourth-order valence-electron chi connectivity index (χ4n) is 3.58. The largest absolute Gasteiger partial charge is 0.494 e. The predicted molar refractivity (Wildman–Crippen MR) is 129 cm³/mol. The molecule has 0 bridgehead atoms. The third-order valence-corrected chi connectivity index (χ3v) is 5.30. The van der Waals surface area contributed by atoms with E-state index in [0.717, 1.165) is 51.9 Å². The van der Waals surface area contributed by atoms with Crippen molar-refractivity contribution in [2.45, 2.75) is 32.6 Å². The van der Waals surface area contributed by atoms with Crippen LogP contribution in [0.2, 0.25) is 0 Å². The van der Waals surface area contributed by atoms with E-state index >= 15 is 0 Å². The van der Waals surface area contributed by atoms with Gasteiger partial charge in [0.05, 0.1) is 12.1 Å². The van der Waals surface area contributed by atoms with Gasteiger partial charge >= 0.3 is 0 Å². The first-order chi connectivity index (χ1) is 15.3. The molecule has 4 aromatic rings. The van der Waals surface area contributed by atoms with Gasteiger partial charge in [0.25, 0.3) is 0 Å².